The smallest absolute Gasteiger partial charge is 0.303 e. The third kappa shape index (κ3) is 5.05. The Labute approximate surface area is 224 Å². The largest absolute Gasteiger partial charge is 0.368 e. The zero-order chi connectivity index (χ0) is 27.3. The highest BCUT2D eigenvalue weighted by atomic mass is 19.1. The summed E-state index contributed by atoms with van der Waals surface area (Å²) in [6.07, 6.45) is 7.15. The maximum atomic E-state index is 15.0. The van der Waals surface area contributed by atoms with Crippen molar-refractivity contribution in [2.24, 2.45) is 7.05 Å². The molecule has 1 aliphatic carbocycles. The molecule has 2 aliphatic heterocycles. The number of rotatable bonds is 8. The van der Waals surface area contributed by atoms with Crippen LogP contribution in [0, 0.1) is 11.6 Å². The van der Waals surface area contributed by atoms with E-state index in [4.69, 9.17) is 0 Å². The summed E-state index contributed by atoms with van der Waals surface area (Å²) >= 11 is 0. The zero-order valence-corrected chi connectivity index (χ0v) is 22.2. The molecule has 0 spiro atoms. The van der Waals surface area contributed by atoms with Gasteiger partial charge in [0, 0.05) is 24.7 Å². The predicted molar refractivity (Wildman–Crippen MR) is 141 cm³/mol. The molecule has 0 radical (unpaired) electrons. The summed E-state index contributed by atoms with van der Waals surface area (Å²) in [6.45, 7) is 5.63. The lowest BCUT2D eigenvalue weighted by atomic mass is 9.84. The number of nitrogens with zero attached hydrogens (tertiary/aromatic N) is 7. The summed E-state index contributed by atoms with van der Waals surface area (Å²) in [5.41, 5.74) is 12.5. The molecular weight excluding hydrogens is 508 g/mol. The molecule has 4 heterocycles. The first kappa shape index (κ1) is 25.6. The molecule has 2 unspecified atom stereocenters. The first-order valence-electron chi connectivity index (χ1n) is 13.4. The Morgan fingerprint density at radius 2 is 1.87 bits per heavy atom. The van der Waals surface area contributed by atoms with Crippen molar-refractivity contribution in [3.63, 3.8) is 0 Å². The van der Waals surface area contributed by atoms with Crippen LogP contribution in [0.4, 0.5) is 26.2 Å². The van der Waals surface area contributed by atoms with Gasteiger partial charge in [0.1, 0.15) is 5.82 Å². The van der Waals surface area contributed by atoms with Crippen molar-refractivity contribution >= 4 is 17.5 Å². The minimum atomic E-state index is -0.616. The molecule has 3 fully saturated rings. The fourth-order valence-electron chi connectivity index (χ4n) is 5.97. The molecule has 4 N–H and O–H groups in total. The first-order valence-corrected chi connectivity index (χ1v) is 13.4. The zero-order valence-electron chi connectivity index (χ0n) is 22.2. The molecule has 12 nitrogen and oxygen atoms in total. The van der Waals surface area contributed by atoms with E-state index in [0.29, 0.717) is 17.3 Å². The molecule has 0 bridgehead atoms. The van der Waals surface area contributed by atoms with Gasteiger partial charge in [-0.15, -0.1) is 0 Å². The van der Waals surface area contributed by atoms with Gasteiger partial charge in [0.2, 0.25) is 5.95 Å². The predicted octanol–water partition coefficient (Wildman–Crippen LogP) is 2.67. The molecule has 208 valence electrons. The van der Waals surface area contributed by atoms with Crippen molar-refractivity contribution in [1.29, 1.82) is 0 Å². The number of aryl methyl sites for hydroxylation is 1. The van der Waals surface area contributed by atoms with Gasteiger partial charge in [-0.05, 0) is 93.0 Å². The average molecular weight is 542 g/mol. The minimum absolute atomic E-state index is 0.0164. The standard InChI is InChI=1S/C25H33F2N11O/c1-25(2)12-15(9-16-5-4-8-37(16)25)30-32-22-19(27)13-28-23(29-22)33-31-20-11-21(38-24(39)36(3)34-35-38)17(10-18(20)26)14-6-7-14/h10-11,13-16,30-31H,4-9,12H2,1-3H3,(H2,28,29,32,33). The SMILES string of the molecule is Cn1nnn(-c2cc(NNc3ncc(F)c(NNC4CC5CCCN5C(C)(C)C4)n3)c(F)cc2C2CC2)c1=O. The number of hydrazine groups is 2. The third-order valence-electron chi connectivity index (χ3n) is 7.99. The highest BCUT2D eigenvalue weighted by molar-refractivity contribution is 5.59. The van der Waals surface area contributed by atoms with E-state index in [0.717, 1.165) is 47.8 Å². The second-order valence-corrected chi connectivity index (χ2v) is 11.3. The summed E-state index contributed by atoms with van der Waals surface area (Å²) in [4.78, 5) is 23.2. The Morgan fingerprint density at radius 3 is 2.62 bits per heavy atom. The van der Waals surface area contributed by atoms with Crippen LogP contribution < -0.4 is 27.4 Å². The van der Waals surface area contributed by atoms with Crippen molar-refractivity contribution in [3.8, 4) is 5.69 Å². The van der Waals surface area contributed by atoms with Gasteiger partial charge in [-0.3, -0.25) is 15.8 Å². The van der Waals surface area contributed by atoms with Gasteiger partial charge in [-0.2, -0.15) is 14.3 Å². The maximum absolute atomic E-state index is 15.0. The van der Waals surface area contributed by atoms with E-state index in [1.807, 2.05) is 0 Å². The van der Waals surface area contributed by atoms with Crippen molar-refractivity contribution in [3.05, 3.63) is 46.0 Å². The number of hydrogen-bond donors (Lipinski definition) is 4. The van der Waals surface area contributed by atoms with Gasteiger partial charge in [0.15, 0.2) is 11.6 Å². The van der Waals surface area contributed by atoms with E-state index < -0.39 is 17.3 Å². The number of fused-ring (bicyclic) bond motifs is 1. The first-order chi connectivity index (χ1) is 18.7. The Morgan fingerprint density at radius 1 is 1.05 bits per heavy atom. The van der Waals surface area contributed by atoms with Crippen molar-refractivity contribution in [2.45, 2.75) is 75.9 Å². The van der Waals surface area contributed by atoms with Gasteiger partial charge >= 0.3 is 5.69 Å². The summed E-state index contributed by atoms with van der Waals surface area (Å²) in [6, 6.07) is 3.57. The van der Waals surface area contributed by atoms with E-state index in [1.165, 1.54) is 32.0 Å². The van der Waals surface area contributed by atoms with Gasteiger partial charge in [-0.25, -0.2) is 24.0 Å². The molecule has 2 aromatic heterocycles. The number of hydrogen-bond acceptors (Lipinski definition) is 10. The van der Waals surface area contributed by atoms with E-state index in [1.54, 1.807) is 0 Å². The van der Waals surface area contributed by atoms with E-state index in [9.17, 15) is 9.18 Å². The minimum Gasteiger partial charge on any atom is -0.303 e. The van der Waals surface area contributed by atoms with Crippen LogP contribution >= 0.6 is 0 Å². The molecule has 14 heteroatoms. The lowest BCUT2D eigenvalue weighted by molar-refractivity contribution is 0.0394. The summed E-state index contributed by atoms with van der Waals surface area (Å²) < 4.78 is 31.8. The fourth-order valence-corrected chi connectivity index (χ4v) is 5.97. The number of piperidine rings is 1. The third-order valence-corrected chi connectivity index (χ3v) is 7.99. The monoisotopic (exact) mass is 541 g/mol. The summed E-state index contributed by atoms with van der Waals surface area (Å²) in [5.74, 6) is -0.950. The van der Waals surface area contributed by atoms with E-state index >= 15 is 4.39 Å². The average Bonchev–Trinajstić information content (AvgIpc) is 3.54. The van der Waals surface area contributed by atoms with Crippen LogP contribution in [0.5, 0.6) is 0 Å². The molecular formula is C25H33F2N11O. The van der Waals surface area contributed by atoms with Crippen molar-refractivity contribution in [2.75, 3.05) is 22.8 Å². The Bertz CT molecular complexity index is 1430. The topological polar surface area (TPSA) is 130 Å². The van der Waals surface area contributed by atoms with Crippen LogP contribution in [-0.2, 0) is 7.05 Å². The van der Waals surface area contributed by atoms with Crippen LogP contribution in [-0.4, -0.2) is 58.8 Å². The van der Waals surface area contributed by atoms with Crippen molar-refractivity contribution < 1.29 is 8.78 Å². The highest BCUT2D eigenvalue weighted by Crippen LogP contribution is 2.43. The molecule has 6 rings (SSSR count). The number of aromatic nitrogens is 6. The highest BCUT2D eigenvalue weighted by Gasteiger charge is 2.42. The maximum Gasteiger partial charge on any atom is 0.368 e. The van der Waals surface area contributed by atoms with Gasteiger partial charge in [0.25, 0.3) is 0 Å². The molecule has 3 aromatic rings. The molecule has 0 amide bonds. The molecule has 1 saturated carbocycles. The quantitative estimate of drug-likeness (QED) is 0.316. The van der Waals surface area contributed by atoms with Crippen LogP contribution in [0.25, 0.3) is 5.69 Å². The number of anilines is 3. The Hall–Kier alpha value is -3.65. The molecule has 39 heavy (non-hydrogen) atoms. The van der Waals surface area contributed by atoms with Crippen LogP contribution in [0.3, 0.4) is 0 Å². The van der Waals surface area contributed by atoms with Crippen LogP contribution in [0.15, 0.2) is 23.1 Å². The van der Waals surface area contributed by atoms with Crippen molar-refractivity contribution in [1.82, 2.24) is 40.1 Å². The molecule has 2 atom stereocenters. The fraction of sp³-hybridized carbons (Fsp3) is 0.560. The van der Waals surface area contributed by atoms with Crippen LogP contribution in [0.1, 0.15) is 63.9 Å². The normalized spacial score (nSPS) is 22.5. The van der Waals surface area contributed by atoms with Gasteiger partial charge in [-0.1, -0.05) is 0 Å². The van der Waals surface area contributed by atoms with Gasteiger partial charge in [0.05, 0.1) is 17.6 Å². The lowest BCUT2D eigenvalue weighted by Crippen LogP contribution is -2.57. The van der Waals surface area contributed by atoms with E-state index in [2.05, 4.69) is 60.8 Å². The summed E-state index contributed by atoms with van der Waals surface area (Å²) in [7, 11) is 1.50. The van der Waals surface area contributed by atoms with Crippen LogP contribution in [0.2, 0.25) is 0 Å². The Balaban J connectivity index is 1.16. The number of halogens is 2. The van der Waals surface area contributed by atoms with Gasteiger partial charge < -0.3 is 5.43 Å². The Kier molecular flexibility index (Phi) is 6.46. The lowest BCUT2D eigenvalue weighted by Gasteiger charge is -2.47. The molecule has 3 aliphatic rings. The second-order valence-electron chi connectivity index (χ2n) is 11.3. The number of tetrazole rings is 1. The summed E-state index contributed by atoms with van der Waals surface area (Å²) in [5, 5.41) is 7.68. The number of benzene rings is 1. The number of nitrogens with one attached hydrogen (secondary N) is 4. The molecule has 1 aromatic carbocycles. The molecule has 2 saturated heterocycles. The second kappa shape index (κ2) is 9.83. The van der Waals surface area contributed by atoms with E-state index in [-0.39, 0.29) is 35.0 Å².